The number of rotatable bonds is 2. The first-order chi connectivity index (χ1) is 5.58. The van der Waals surface area contributed by atoms with Crippen LogP contribution in [0.15, 0.2) is 23.1 Å². The summed E-state index contributed by atoms with van der Waals surface area (Å²) in [6.07, 6.45) is 6.03. The van der Waals surface area contributed by atoms with Gasteiger partial charge in [0.2, 0.25) is 0 Å². The molecule has 1 atom stereocenters. The average Bonchev–Trinajstić information content (AvgIpc) is 2.05. The Bertz CT molecular complexity index is 311. The minimum atomic E-state index is -3.46. The molecular weight excluding hydrogens is 176 g/mol. The molecule has 0 saturated heterocycles. The molecule has 0 aromatic rings. The van der Waals surface area contributed by atoms with E-state index in [0.29, 0.717) is 4.91 Å². The lowest BCUT2D eigenvalue weighted by Gasteiger charge is -2.15. The van der Waals surface area contributed by atoms with Gasteiger partial charge in [0.05, 0.1) is 12.0 Å². The highest BCUT2D eigenvalue weighted by Crippen LogP contribution is 2.25. The molecule has 12 heavy (non-hydrogen) atoms. The van der Waals surface area contributed by atoms with E-state index in [4.69, 9.17) is 0 Å². The van der Waals surface area contributed by atoms with Crippen LogP contribution in [-0.2, 0) is 14.3 Å². The summed E-state index contributed by atoms with van der Waals surface area (Å²) in [6.45, 7) is 1.87. The van der Waals surface area contributed by atoms with E-state index in [-0.39, 0.29) is 5.92 Å². The maximum Gasteiger partial charge on any atom is 0.293 e. The van der Waals surface area contributed by atoms with Crippen LogP contribution in [0.25, 0.3) is 0 Å². The molecule has 0 spiro atoms. The Balaban J connectivity index is 3.02. The Morgan fingerprint density at radius 3 is 2.75 bits per heavy atom. The van der Waals surface area contributed by atoms with Crippen LogP contribution in [0.5, 0.6) is 0 Å². The van der Waals surface area contributed by atoms with Crippen molar-refractivity contribution < 1.29 is 12.6 Å². The van der Waals surface area contributed by atoms with E-state index < -0.39 is 10.1 Å². The molecule has 0 saturated carbocycles. The van der Waals surface area contributed by atoms with Crippen LogP contribution in [0, 0.1) is 5.92 Å². The standard InChI is InChI=1S/C8H12O3S/c1-7-5-3-4-6-8(7)12(9,10)11-2/h3-4,6-7H,5H2,1-2H3. The number of hydrogen-bond donors (Lipinski definition) is 0. The third kappa shape index (κ3) is 1.76. The Morgan fingerprint density at radius 2 is 2.25 bits per heavy atom. The lowest BCUT2D eigenvalue weighted by molar-refractivity contribution is 0.399. The summed E-state index contributed by atoms with van der Waals surface area (Å²) in [7, 11) is -2.28. The highest BCUT2D eigenvalue weighted by molar-refractivity contribution is 7.90. The molecule has 4 heteroatoms. The van der Waals surface area contributed by atoms with Crippen LogP contribution in [0.3, 0.4) is 0 Å². The Hall–Kier alpha value is -0.610. The summed E-state index contributed by atoms with van der Waals surface area (Å²) in [5.41, 5.74) is 0. The molecule has 1 rings (SSSR count). The lowest BCUT2D eigenvalue weighted by atomic mass is 10.0. The molecule has 0 amide bonds. The molecule has 0 aromatic carbocycles. The fraction of sp³-hybridized carbons (Fsp3) is 0.500. The second-order valence-electron chi connectivity index (χ2n) is 2.75. The van der Waals surface area contributed by atoms with E-state index in [1.165, 1.54) is 7.11 Å². The van der Waals surface area contributed by atoms with Crippen molar-refractivity contribution in [2.24, 2.45) is 5.92 Å². The van der Waals surface area contributed by atoms with E-state index in [1.807, 2.05) is 13.0 Å². The van der Waals surface area contributed by atoms with Gasteiger partial charge in [-0.25, -0.2) is 0 Å². The fourth-order valence-electron chi connectivity index (χ4n) is 1.15. The maximum absolute atomic E-state index is 11.2. The predicted molar refractivity (Wildman–Crippen MR) is 46.9 cm³/mol. The first-order valence-corrected chi connectivity index (χ1v) is 5.16. The van der Waals surface area contributed by atoms with Gasteiger partial charge in [-0.15, -0.1) is 0 Å². The van der Waals surface area contributed by atoms with Gasteiger partial charge in [0.15, 0.2) is 0 Å². The third-order valence-electron chi connectivity index (χ3n) is 1.88. The van der Waals surface area contributed by atoms with Crippen molar-refractivity contribution in [1.82, 2.24) is 0 Å². The summed E-state index contributed by atoms with van der Waals surface area (Å²) >= 11 is 0. The summed E-state index contributed by atoms with van der Waals surface area (Å²) in [5.74, 6) is 0.0277. The van der Waals surface area contributed by atoms with Gasteiger partial charge in [0.25, 0.3) is 10.1 Å². The van der Waals surface area contributed by atoms with E-state index >= 15 is 0 Å². The molecule has 0 heterocycles. The molecule has 0 aliphatic heterocycles. The van der Waals surface area contributed by atoms with Crippen molar-refractivity contribution in [3.05, 3.63) is 23.1 Å². The molecule has 1 aliphatic carbocycles. The summed E-state index contributed by atoms with van der Waals surface area (Å²) in [4.78, 5) is 0.368. The van der Waals surface area contributed by atoms with Gasteiger partial charge >= 0.3 is 0 Å². The van der Waals surface area contributed by atoms with E-state index in [9.17, 15) is 8.42 Å². The van der Waals surface area contributed by atoms with Crippen molar-refractivity contribution in [3.8, 4) is 0 Å². The first kappa shape index (κ1) is 9.48. The Kier molecular flexibility index (Phi) is 2.69. The highest BCUT2D eigenvalue weighted by atomic mass is 32.2. The zero-order valence-electron chi connectivity index (χ0n) is 7.15. The molecule has 0 N–H and O–H groups in total. The van der Waals surface area contributed by atoms with E-state index in [1.54, 1.807) is 12.2 Å². The molecular formula is C8H12O3S. The van der Waals surface area contributed by atoms with Crippen LogP contribution >= 0.6 is 0 Å². The molecule has 0 fully saturated rings. The summed E-state index contributed by atoms with van der Waals surface area (Å²) < 4.78 is 26.9. The lowest BCUT2D eigenvalue weighted by Crippen LogP contribution is -2.13. The molecule has 1 aliphatic rings. The molecule has 0 radical (unpaired) electrons. The Morgan fingerprint density at radius 1 is 1.58 bits per heavy atom. The zero-order valence-corrected chi connectivity index (χ0v) is 7.97. The van der Waals surface area contributed by atoms with Crippen molar-refractivity contribution >= 4 is 10.1 Å². The maximum atomic E-state index is 11.2. The molecule has 0 bridgehead atoms. The minimum absolute atomic E-state index is 0.0277. The van der Waals surface area contributed by atoms with Gasteiger partial charge in [-0.2, -0.15) is 8.42 Å². The molecule has 3 nitrogen and oxygen atoms in total. The molecule has 68 valence electrons. The van der Waals surface area contributed by atoms with Crippen LogP contribution in [0.2, 0.25) is 0 Å². The van der Waals surface area contributed by atoms with Gasteiger partial charge in [0.1, 0.15) is 0 Å². The third-order valence-corrected chi connectivity index (χ3v) is 3.43. The largest absolute Gasteiger partial charge is 0.293 e. The van der Waals surface area contributed by atoms with Crippen LogP contribution in [0.1, 0.15) is 13.3 Å². The smallest absolute Gasteiger partial charge is 0.270 e. The fourth-order valence-corrected chi connectivity index (χ4v) is 2.18. The van der Waals surface area contributed by atoms with E-state index in [0.717, 1.165) is 6.42 Å². The average molecular weight is 188 g/mol. The normalized spacial score (nSPS) is 23.8. The monoisotopic (exact) mass is 188 g/mol. The summed E-state index contributed by atoms with van der Waals surface area (Å²) in [6, 6.07) is 0. The molecule has 1 unspecified atom stereocenters. The van der Waals surface area contributed by atoms with E-state index in [2.05, 4.69) is 4.18 Å². The second kappa shape index (κ2) is 3.41. The number of allylic oxidation sites excluding steroid dienone is 4. The van der Waals surface area contributed by atoms with Crippen molar-refractivity contribution in [2.75, 3.05) is 7.11 Å². The highest BCUT2D eigenvalue weighted by Gasteiger charge is 2.23. The van der Waals surface area contributed by atoms with Gasteiger partial charge < -0.3 is 0 Å². The van der Waals surface area contributed by atoms with Crippen molar-refractivity contribution in [3.63, 3.8) is 0 Å². The SMILES string of the molecule is COS(=O)(=O)C1=CC=CCC1C. The predicted octanol–water partition coefficient (Wildman–Crippen LogP) is 1.44. The Labute approximate surface area is 72.9 Å². The topological polar surface area (TPSA) is 43.4 Å². The zero-order chi connectivity index (χ0) is 9.19. The summed E-state index contributed by atoms with van der Waals surface area (Å²) in [5, 5.41) is 0. The first-order valence-electron chi connectivity index (χ1n) is 3.75. The van der Waals surface area contributed by atoms with Gasteiger partial charge in [-0.05, 0) is 18.4 Å². The second-order valence-corrected chi connectivity index (χ2v) is 4.47. The minimum Gasteiger partial charge on any atom is -0.270 e. The van der Waals surface area contributed by atoms with Gasteiger partial charge in [-0.1, -0.05) is 19.1 Å². The van der Waals surface area contributed by atoms with Gasteiger partial charge in [-0.3, -0.25) is 4.18 Å². The molecule has 0 aromatic heterocycles. The van der Waals surface area contributed by atoms with Crippen molar-refractivity contribution in [1.29, 1.82) is 0 Å². The van der Waals surface area contributed by atoms with Crippen LogP contribution < -0.4 is 0 Å². The number of hydrogen-bond acceptors (Lipinski definition) is 3. The van der Waals surface area contributed by atoms with Crippen LogP contribution in [-0.4, -0.2) is 15.5 Å². The quantitative estimate of drug-likeness (QED) is 0.616. The van der Waals surface area contributed by atoms with Crippen molar-refractivity contribution in [2.45, 2.75) is 13.3 Å². The van der Waals surface area contributed by atoms with Gasteiger partial charge in [0, 0.05) is 0 Å². The van der Waals surface area contributed by atoms with Crippen LogP contribution in [0.4, 0.5) is 0 Å².